The fourth-order valence-corrected chi connectivity index (χ4v) is 1.79. The highest BCUT2D eigenvalue weighted by molar-refractivity contribution is 6.03. The average Bonchev–Trinajstić information content (AvgIpc) is 2.00. The molecule has 0 saturated carbocycles. The lowest BCUT2D eigenvalue weighted by Gasteiger charge is -2.35. The summed E-state index contributed by atoms with van der Waals surface area (Å²) < 4.78 is 0. The monoisotopic (exact) mass is 190 g/mol. The fourth-order valence-electron chi connectivity index (χ4n) is 1.79. The van der Waals surface area contributed by atoms with Crippen LogP contribution in [0.5, 0.6) is 0 Å². The highest BCUT2D eigenvalue weighted by atomic mass is 16.2. The summed E-state index contributed by atoms with van der Waals surface area (Å²) in [6.45, 7) is 5.82. The van der Waals surface area contributed by atoms with E-state index in [1.807, 2.05) is 39.0 Å². The predicted molar refractivity (Wildman–Crippen MR) is 56.3 cm³/mol. The first-order valence-corrected chi connectivity index (χ1v) is 4.70. The van der Waals surface area contributed by atoms with Crippen molar-refractivity contribution in [3.8, 4) is 0 Å². The molecule has 0 atom stereocenters. The van der Waals surface area contributed by atoms with Gasteiger partial charge < -0.3 is 10.6 Å². The molecule has 0 aliphatic carbocycles. The minimum Gasteiger partial charge on any atom is -0.363 e. The smallest absolute Gasteiger partial charge is 0.255 e. The maximum Gasteiger partial charge on any atom is 0.255 e. The van der Waals surface area contributed by atoms with Gasteiger partial charge in [-0.15, -0.1) is 0 Å². The Hall–Kier alpha value is -1.51. The quantitative estimate of drug-likeness (QED) is 0.656. The first kappa shape index (κ1) is 9.06. The Balaban J connectivity index is 2.56. The molecular weight excluding hydrogens is 176 g/mol. The molecule has 0 radical (unpaired) electrons. The van der Waals surface area contributed by atoms with Gasteiger partial charge in [0.25, 0.3) is 5.91 Å². The van der Waals surface area contributed by atoms with Gasteiger partial charge in [-0.2, -0.15) is 0 Å². The molecule has 0 spiro atoms. The van der Waals surface area contributed by atoms with Crippen LogP contribution in [-0.4, -0.2) is 11.6 Å². The Bertz CT molecular complexity index is 396. The SMILES string of the molecule is Cc1cccc2c1C(=O)NC(C)(C)N2. The third-order valence-corrected chi connectivity index (χ3v) is 2.37. The van der Waals surface area contributed by atoms with Crippen molar-refractivity contribution in [3.05, 3.63) is 29.3 Å². The van der Waals surface area contributed by atoms with Crippen molar-refractivity contribution >= 4 is 11.6 Å². The molecule has 2 N–H and O–H groups in total. The average molecular weight is 190 g/mol. The summed E-state index contributed by atoms with van der Waals surface area (Å²) in [5.41, 5.74) is 2.31. The number of aryl methyl sites for hydroxylation is 1. The van der Waals surface area contributed by atoms with Crippen LogP contribution in [0.2, 0.25) is 0 Å². The van der Waals surface area contributed by atoms with Gasteiger partial charge in [-0.25, -0.2) is 0 Å². The van der Waals surface area contributed by atoms with Crippen LogP contribution >= 0.6 is 0 Å². The zero-order chi connectivity index (χ0) is 10.3. The number of hydrogen-bond acceptors (Lipinski definition) is 2. The number of rotatable bonds is 0. The molecule has 0 fully saturated rings. The second kappa shape index (κ2) is 2.74. The summed E-state index contributed by atoms with van der Waals surface area (Å²) in [7, 11) is 0. The molecule has 0 bridgehead atoms. The molecule has 1 aliphatic rings. The number of amides is 1. The van der Waals surface area contributed by atoms with E-state index in [0.29, 0.717) is 0 Å². The number of hydrogen-bond donors (Lipinski definition) is 2. The van der Waals surface area contributed by atoms with E-state index < -0.39 is 0 Å². The number of benzene rings is 1. The molecule has 0 aromatic heterocycles. The van der Waals surface area contributed by atoms with E-state index in [0.717, 1.165) is 16.8 Å². The second-order valence-electron chi connectivity index (χ2n) is 4.20. The van der Waals surface area contributed by atoms with Crippen LogP contribution in [0.15, 0.2) is 18.2 Å². The van der Waals surface area contributed by atoms with Crippen LogP contribution in [0.25, 0.3) is 0 Å². The molecule has 1 aliphatic heterocycles. The van der Waals surface area contributed by atoms with Crippen LogP contribution in [0.1, 0.15) is 29.8 Å². The van der Waals surface area contributed by atoms with Crippen molar-refractivity contribution < 1.29 is 4.79 Å². The van der Waals surface area contributed by atoms with Crippen molar-refractivity contribution in [2.24, 2.45) is 0 Å². The summed E-state index contributed by atoms with van der Waals surface area (Å²) in [5.74, 6) is 0.00171. The van der Waals surface area contributed by atoms with E-state index in [4.69, 9.17) is 0 Å². The number of carbonyl (C=O) groups is 1. The molecule has 1 aromatic carbocycles. The van der Waals surface area contributed by atoms with Crippen molar-refractivity contribution in [3.63, 3.8) is 0 Å². The van der Waals surface area contributed by atoms with E-state index in [-0.39, 0.29) is 11.6 Å². The highest BCUT2D eigenvalue weighted by Crippen LogP contribution is 2.26. The van der Waals surface area contributed by atoms with Gasteiger partial charge in [-0.3, -0.25) is 4.79 Å². The largest absolute Gasteiger partial charge is 0.363 e. The van der Waals surface area contributed by atoms with Gasteiger partial charge in [-0.1, -0.05) is 12.1 Å². The lowest BCUT2D eigenvalue weighted by molar-refractivity contribution is 0.0913. The van der Waals surface area contributed by atoms with Gasteiger partial charge >= 0.3 is 0 Å². The zero-order valence-electron chi connectivity index (χ0n) is 8.64. The van der Waals surface area contributed by atoms with Crippen molar-refractivity contribution in [2.45, 2.75) is 26.4 Å². The van der Waals surface area contributed by atoms with Gasteiger partial charge in [0.05, 0.1) is 5.56 Å². The van der Waals surface area contributed by atoms with Crippen LogP contribution in [0.4, 0.5) is 5.69 Å². The lowest BCUT2D eigenvalue weighted by Crippen LogP contribution is -2.53. The first-order chi connectivity index (χ1) is 6.49. The molecular formula is C11H14N2O. The summed E-state index contributed by atoms with van der Waals surface area (Å²) >= 11 is 0. The van der Waals surface area contributed by atoms with Gasteiger partial charge in [0.2, 0.25) is 0 Å². The van der Waals surface area contributed by atoms with E-state index in [1.54, 1.807) is 0 Å². The molecule has 1 heterocycles. The van der Waals surface area contributed by atoms with Crippen LogP contribution in [0.3, 0.4) is 0 Å². The van der Waals surface area contributed by atoms with E-state index in [1.165, 1.54) is 0 Å². The van der Waals surface area contributed by atoms with E-state index in [9.17, 15) is 4.79 Å². The zero-order valence-corrected chi connectivity index (χ0v) is 8.64. The number of nitrogens with one attached hydrogen (secondary N) is 2. The molecule has 2 rings (SSSR count). The molecule has 74 valence electrons. The molecule has 1 amide bonds. The molecule has 0 saturated heterocycles. The topological polar surface area (TPSA) is 41.1 Å². The molecule has 3 nitrogen and oxygen atoms in total. The fraction of sp³-hybridized carbons (Fsp3) is 0.364. The van der Waals surface area contributed by atoms with Gasteiger partial charge in [-0.05, 0) is 32.4 Å². The summed E-state index contributed by atoms with van der Waals surface area (Å²) in [4.78, 5) is 11.8. The normalized spacial score (nSPS) is 18.1. The molecule has 1 aromatic rings. The molecule has 14 heavy (non-hydrogen) atoms. The number of carbonyl (C=O) groups excluding carboxylic acids is 1. The maximum absolute atomic E-state index is 11.8. The lowest BCUT2D eigenvalue weighted by atomic mass is 10.0. The van der Waals surface area contributed by atoms with Crippen LogP contribution < -0.4 is 10.6 Å². The number of anilines is 1. The molecule has 0 unspecified atom stereocenters. The van der Waals surface area contributed by atoms with Gasteiger partial charge in [0, 0.05) is 5.69 Å². The Morgan fingerprint density at radius 1 is 1.21 bits per heavy atom. The third kappa shape index (κ3) is 1.35. The summed E-state index contributed by atoms with van der Waals surface area (Å²) in [6, 6.07) is 5.83. The van der Waals surface area contributed by atoms with Crippen molar-refractivity contribution in [2.75, 3.05) is 5.32 Å². The summed E-state index contributed by atoms with van der Waals surface area (Å²) in [6.07, 6.45) is 0. The minimum atomic E-state index is -0.363. The second-order valence-corrected chi connectivity index (χ2v) is 4.20. The minimum absolute atomic E-state index is 0.00171. The van der Waals surface area contributed by atoms with E-state index in [2.05, 4.69) is 10.6 Å². The van der Waals surface area contributed by atoms with Gasteiger partial charge in [0.1, 0.15) is 5.66 Å². The Kier molecular flexibility index (Phi) is 1.77. The Labute approximate surface area is 83.5 Å². The Morgan fingerprint density at radius 2 is 1.93 bits per heavy atom. The highest BCUT2D eigenvalue weighted by Gasteiger charge is 2.29. The van der Waals surface area contributed by atoms with Crippen molar-refractivity contribution in [1.82, 2.24) is 5.32 Å². The maximum atomic E-state index is 11.8. The van der Waals surface area contributed by atoms with E-state index >= 15 is 0 Å². The number of fused-ring (bicyclic) bond motifs is 1. The predicted octanol–water partition coefficient (Wildman–Crippen LogP) is 1.89. The Morgan fingerprint density at radius 3 is 2.64 bits per heavy atom. The third-order valence-electron chi connectivity index (χ3n) is 2.37. The van der Waals surface area contributed by atoms with Crippen LogP contribution in [-0.2, 0) is 0 Å². The standard InChI is InChI=1S/C11H14N2O/c1-7-5-4-6-8-9(7)10(14)13-11(2,3)12-8/h4-6,12H,1-3H3,(H,13,14). The van der Waals surface area contributed by atoms with Gasteiger partial charge in [0.15, 0.2) is 0 Å². The summed E-state index contributed by atoms with van der Waals surface area (Å²) in [5, 5.41) is 6.18. The van der Waals surface area contributed by atoms with Crippen LogP contribution in [0, 0.1) is 6.92 Å². The molecule has 3 heteroatoms. The first-order valence-electron chi connectivity index (χ1n) is 4.70. The van der Waals surface area contributed by atoms with Crippen molar-refractivity contribution in [1.29, 1.82) is 0 Å².